The van der Waals surface area contributed by atoms with Crippen molar-refractivity contribution < 1.29 is 9.53 Å². The lowest BCUT2D eigenvalue weighted by molar-refractivity contribution is -0.115. The Bertz CT molecular complexity index is 907. The van der Waals surface area contributed by atoms with Gasteiger partial charge in [0, 0.05) is 24.7 Å². The van der Waals surface area contributed by atoms with E-state index in [-0.39, 0.29) is 12.3 Å². The van der Waals surface area contributed by atoms with Crippen LogP contribution >= 0.6 is 11.3 Å². The van der Waals surface area contributed by atoms with Gasteiger partial charge in [-0.15, -0.1) is 11.3 Å². The molecule has 27 heavy (non-hydrogen) atoms. The van der Waals surface area contributed by atoms with Crippen LogP contribution in [0, 0.1) is 0 Å². The maximum Gasteiger partial charge on any atom is 0.230 e. The number of anilines is 2. The zero-order valence-electron chi connectivity index (χ0n) is 14.8. The largest absolute Gasteiger partial charge is 0.378 e. The smallest absolute Gasteiger partial charge is 0.230 e. The van der Waals surface area contributed by atoms with Crippen LogP contribution in [0.4, 0.5) is 11.4 Å². The highest BCUT2D eigenvalue weighted by Gasteiger charge is 2.16. The third-order valence-electron chi connectivity index (χ3n) is 4.31. The zero-order chi connectivity index (χ0) is 18.5. The standard InChI is InChI=1S/C20H20N4O2S/c25-19(13-15-14-27-20(22-15)17-6-3-4-8-21-17)23-16-5-1-2-7-18(16)24-9-11-26-12-10-24/h1-8,14H,9-13H2,(H,23,25). The number of nitrogens with zero attached hydrogens (tertiary/aromatic N) is 3. The van der Waals surface area contributed by atoms with Crippen molar-refractivity contribution in [3.05, 3.63) is 59.7 Å². The van der Waals surface area contributed by atoms with Gasteiger partial charge in [0.05, 0.1) is 42.4 Å². The molecule has 1 aromatic carbocycles. The first-order chi connectivity index (χ1) is 13.3. The number of amides is 1. The molecular formula is C20H20N4O2S. The minimum atomic E-state index is -0.0754. The molecule has 1 aliphatic heterocycles. The number of rotatable bonds is 5. The third kappa shape index (κ3) is 4.32. The first-order valence-electron chi connectivity index (χ1n) is 8.87. The molecule has 1 N–H and O–H groups in total. The second kappa shape index (κ2) is 8.28. The van der Waals surface area contributed by atoms with E-state index in [0.717, 1.165) is 40.9 Å². The van der Waals surface area contributed by atoms with Gasteiger partial charge in [-0.1, -0.05) is 18.2 Å². The molecule has 6 nitrogen and oxygen atoms in total. The van der Waals surface area contributed by atoms with Crippen molar-refractivity contribution in [1.82, 2.24) is 9.97 Å². The van der Waals surface area contributed by atoms with Crippen molar-refractivity contribution in [2.75, 3.05) is 36.5 Å². The second-order valence-corrected chi connectivity index (χ2v) is 7.06. The van der Waals surface area contributed by atoms with Crippen molar-refractivity contribution in [2.24, 2.45) is 0 Å². The molecule has 0 bridgehead atoms. The summed E-state index contributed by atoms with van der Waals surface area (Å²) in [5.74, 6) is -0.0754. The van der Waals surface area contributed by atoms with Crippen LogP contribution < -0.4 is 10.2 Å². The average molecular weight is 380 g/mol. The number of para-hydroxylation sites is 2. The number of morpholine rings is 1. The van der Waals surface area contributed by atoms with E-state index in [1.807, 2.05) is 47.8 Å². The van der Waals surface area contributed by atoms with Gasteiger partial charge in [-0.3, -0.25) is 9.78 Å². The van der Waals surface area contributed by atoms with E-state index in [4.69, 9.17) is 4.74 Å². The number of hydrogen-bond donors (Lipinski definition) is 1. The Balaban J connectivity index is 1.44. The normalized spacial score (nSPS) is 14.1. The molecule has 0 radical (unpaired) electrons. The molecule has 0 unspecified atom stereocenters. The number of carbonyl (C=O) groups excluding carboxylic acids is 1. The first-order valence-corrected chi connectivity index (χ1v) is 9.75. The van der Waals surface area contributed by atoms with E-state index in [0.29, 0.717) is 13.2 Å². The summed E-state index contributed by atoms with van der Waals surface area (Å²) in [6, 6.07) is 13.6. The molecule has 3 aromatic rings. The van der Waals surface area contributed by atoms with Crippen LogP contribution in [0.3, 0.4) is 0 Å². The molecule has 0 aliphatic carbocycles. The highest BCUT2D eigenvalue weighted by Crippen LogP contribution is 2.27. The maximum absolute atomic E-state index is 12.6. The number of benzene rings is 1. The average Bonchev–Trinajstić information content (AvgIpc) is 3.18. The quantitative estimate of drug-likeness (QED) is 0.736. The number of ether oxygens (including phenoxy) is 1. The summed E-state index contributed by atoms with van der Waals surface area (Å²) in [5, 5.41) is 5.77. The number of hydrogen-bond acceptors (Lipinski definition) is 6. The predicted molar refractivity (Wildman–Crippen MR) is 107 cm³/mol. The van der Waals surface area contributed by atoms with Crippen molar-refractivity contribution in [3.63, 3.8) is 0 Å². The molecule has 0 spiro atoms. The van der Waals surface area contributed by atoms with Crippen LogP contribution in [0.25, 0.3) is 10.7 Å². The van der Waals surface area contributed by atoms with E-state index in [1.54, 1.807) is 6.20 Å². The van der Waals surface area contributed by atoms with Gasteiger partial charge < -0.3 is 15.0 Å². The topological polar surface area (TPSA) is 67.4 Å². The Hall–Kier alpha value is -2.77. The highest BCUT2D eigenvalue weighted by atomic mass is 32.1. The fourth-order valence-electron chi connectivity index (χ4n) is 3.01. The number of thiazole rings is 1. The number of nitrogens with one attached hydrogen (secondary N) is 1. The van der Waals surface area contributed by atoms with Crippen molar-refractivity contribution in [1.29, 1.82) is 0 Å². The van der Waals surface area contributed by atoms with E-state index in [9.17, 15) is 4.79 Å². The van der Waals surface area contributed by atoms with E-state index in [2.05, 4.69) is 20.2 Å². The van der Waals surface area contributed by atoms with Gasteiger partial charge in [0.1, 0.15) is 5.01 Å². The van der Waals surface area contributed by atoms with Gasteiger partial charge in [0.25, 0.3) is 0 Å². The minimum absolute atomic E-state index is 0.0754. The summed E-state index contributed by atoms with van der Waals surface area (Å²) in [6.45, 7) is 3.06. The van der Waals surface area contributed by atoms with Crippen molar-refractivity contribution >= 4 is 28.6 Å². The monoisotopic (exact) mass is 380 g/mol. The molecule has 1 amide bonds. The Morgan fingerprint density at radius 3 is 2.78 bits per heavy atom. The zero-order valence-corrected chi connectivity index (χ0v) is 15.6. The van der Waals surface area contributed by atoms with Crippen LogP contribution in [-0.4, -0.2) is 42.2 Å². The summed E-state index contributed by atoms with van der Waals surface area (Å²) < 4.78 is 5.42. The lowest BCUT2D eigenvalue weighted by atomic mass is 10.2. The lowest BCUT2D eigenvalue weighted by Crippen LogP contribution is -2.36. The summed E-state index contributed by atoms with van der Waals surface area (Å²) >= 11 is 1.50. The fourth-order valence-corrected chi connectivity index (χ4v) is 3.81. The van der Waals surface area contributed by atoms with E-state index in [1.165, 1.54) is 11.3 Å². The van der Waals surface area contributed by atoms with Gasteiger partial charge in [0.2, 0.25) is 5.91 Å². The van der Waals surface area contributed by atoms with Crippen molar-refractivity contribution in [2.45, 2.75) is 6.42 Å². The van der Waals surface area contributed by atoms with Crippen LogP contribution in [0.2, 0.25) is 0 Å². The van der Waals surface area contributed by atoms with Gasteiger partial charge >= 0.3 is 0 Å². The lowest BCUT2D eigenvalue weighted by Gasteiger charge is -2.30. The molecule has 2 aromatic heterocycles. The maximum atomic E-state index is 12.6. The van der Waals surface area contributed by atoms with Crippen LogP contribution in [0.15, 0.2) is 54.0 Å². The fraction of sp³-hybridized carbons (Fsp3) is 0.250. The van der Waals surface area contributed by atoms with Gasteiger partial charge in [0.15, 0.2) is 0 Å². The molecule has 1 aliphatic rings. The van der Waals surface area contributed by atoms with Gasteiger partial charge in [-0.25, -0.2) is 4.98 Å². The molecule has 1 fully saturated rings. The first kappa shape index (κ1) is 17.6. The highest BCUT2D eigenvalue weighted by molar-refractivity contribution is 7.13. The molecule has 0 saturated carbocycles. The second-order valence-electron chi connectivity index (χ2n) is 6.20. The summed E-state index contributed by atoms with van der Waals surface area (Å²) in [6.07, 6.45) is 1.98. The molecule has 138 valence electrons. The molecule has 7 heteroatoms. The molecule has 1 saturated heterocycles. The molecule has 0 atom stereocenters. The third-order valence-corrected chi connectivity index (χ3v) is 5.22. The predicted octanol–water partition coefficient (Wildman–Crippen LogP) is 3.22. The Labute approximate surface area is 161 Å². The summed E-state index contributed by atoms with van der Waals surface area (Å²) in [5.41, 5.74) is 3.43. The number of aromatic nitrogens is 2. The SMILES string of the molecule is O=C(Cc1csc(-c2ccccn2)n1)Nc1ccccc1N1CCOCC1. The van der Waals surface area contributed by atoms with E-state index < -0.39 is 0 Å². The Morgan fingerprint density at radius 2 is 1.96 bits per heavy atom. The summed E-state index contributed by atoms with van der Waals surface area (Å²) in [7, 11) is 0. The Kier molecular flexibility index (Phi) is 5.41. The molecular weight excluding hydrogens is 360 g/mol. The molecule has 3 heterocycles. The van der Waals surface area contributed by atoms with Crippen LogP contribution in [-0.2, 0) is 16.0 Å². The van der Waals surface area contributed by atoms with Gasteiger partial charge in [-0.05, 0) is 24.3 Å². The molecule has 4 rings (SSSR count). The minimum Gasteiger partial charge on any atom is -0.378 e. The number of carbonyl (C=O) groups is 1. The number of pyridine rings is 1. The summed E-state index contributed by atoms with van der Waals surface area (Å²) in [4.78, 5) is 23.6. The van der Waals surface area contributed by atoms with Crippen LogP contribution in [0.5, 0.6) is 0 Å². The Morgan fingerprint density at radius 1 is 1.15 bits per heavy atom. The van der Waals surface area contributed by atoms with Crippen LogP contribution in [0.1, 0.15) is 5.69 Å². The van der Waals surface area contributed by atoms with Crippen molar-refractivity contribution in [3.8, 4) is 10.7 Å². The van der Waals surface area contributed by atoms with Gasteiger partial charge in [-0.2, -0.15) is 0 Å². The van der Waals surface area contributed by atoms with E-state index >= 15 is 0 Å².